The molecule has 0 saturated heterocycles. The van der Waals surface area contributed by atoms with Gasteiger partial charge in [-0.3, -0.25) is 14.9 Å². The molecule has 0 radical (unpaired) electrons. The average Bonchev–Trinajstić information content (AvgIpc) is 2.49. The van der Waals surface area contributed by atoms with E-state index >= 15 is 0 Å². The lowest BCUT2D eigenvalue weighted by atomic mass is 9.95. The number of alkyl carbamates (subject to hydrolysis) is 1. The Labute approximate surface area is 159 Å². The maximum absolute atomic E-state index is 12.0. The molecule has 0 aliphatic rings. The van der Waals surface area contributed by atoms with Gasteiger partial charge < -0.3 is 15.4 Å². The van der Waals surface area contributed by atoms with E-state index in [1.54, 1.807) is 60.6 Å². The van der Waals surface area contributed by atoms with Crippen molar-refractivity contribution in [2.75, 3.05) is 0 Å². The first-order valence-electron chi connectivity index (χ1n) is 8.75. The Morgan fingerprint density at radius 3 is 2.26 bits per heavy atom. The molecule has 1 unspecified atom stereocenters. The maximum Gasteiger partial charge on any atom is 0.408 e. The summed E-state index contributed by atoms with van der Waals surface area (Å²) in [5.41, 5.74) is -0.212. The van der Waals surface area contributed by atoms with Gasteiger partial charge in [-0.1, -0.05) is 26.8 Å². The van der Waals surface area contributed by atoms with Crippen molar-refractivity contribution < 1.29 is 19.2 Å². The fraction of sp³-hybridized carbons (Fsp3) is 0.579. The van der Waals surface area contributed by atoms with Crippen molar-refractivity contribution in [3.63, 3.8) is 0 Å². The van der Waals surface area contributed by atoms with Crippen LogP contribution in [0.3, 0.4) is 0 Å². The summed E-state index contributed by atoms with van der Waals surface area (Å²) in [7, 11) is 0. The van der Waals surface area contributed by atoms with Crippen molar-refractivity contribution in [1.82, 2.24) is 10.6 Å². The molecule has 0 fully saturated rings. The van der Waals surface area contributed by atoms with E-state index in [2.05, 4.69) is 10.6 Å². The third-order valence-electron chi connectivity index (χ3n) is 3.62. The minimum Gasteiger partial charge on any atom is -0.441 e. The van der Waals surface area contributed by atoms with Crippen LogP contribution in [0.4, 0.5) is 10.5 Å². The highest BCUT2D eigenvalue weighted by molar-refractivity contribution is 5.81. The molecular formula is C19H29N3O5. The minimum atomic E-state index is -0.828. The Balaban J connectivity index is 3.00. The summed E-state index contributed by atoms with van der Waals surface area (Å²) in [6.07, 6.45) is -1.48. The largest absolute Gasteiger partial charge is 0.441 e. The van der Waals surface area contributed by atoms with E-state index in [-0.39, 0.29) is 23.7 Å². The third-order valence-corrected chi connectivity index (χ3v) is 3.62. The Morgan fingerprint density at radius 2 is 1.78 bits per heavy atom. The van der Waals surface area contributed by atoms with Gasteiger partial charge in [0.15, 0.2) is 0 Å². The molecule has 0 aromatic heterocycles. The highest BCUT2D eigenvalue weighted by Gasteiger charge is 2.25. The second kappa shape index (κ2) is 8.37. The van der Waals surface area contributed by atoms with Crippen LogP contribution in [0, 0.1) is 15.5 Å². The number of hydrogen-bond donors (Lipinski definition) is 2. The fourth-order valence-corrected chi connectivity index (χ4v) is 2.21. The van der Waals surface area contributed by atoms with E-state index in [1.807, 2.05) is 0 Å². The van der Waals surface area contributed by atoms with Crippen molar-refractivity contribution in [3.05, 3.63) is 39.4 Å². The normalized spacial score (nSPS) is 12.9. The highest BCUT2D eigenvalue weighted by atomic mass is 16.6. The van der Waals surface area contributed by atoms with Crippen LogP contribution in [0.15, 0.2) is 18.2 Å². The van der Waals surface area contributed by atoms with Gasteiger partial charge >= 0.3 is 6.09 Å². The number of nitrogens with zero attached hydrogens (tertiary/aromatic N) is 1. The lowest BCUT2D eigenvalue weighted by Crippen LogP contribution is -2.41. The molecule has 8 nitrogen and oxygen atoms in total. The van der Waals surface area contributed by atoms with Crippen LogP contribution in [0.25, 0.3) is 0 Å². The van der Waals surface area contributed by atoms with Gasteiger partial charge in [0.05, 0.1) is 10.5 Å². The summed E-state index contributed by atoms with van der Waals surface area (Å²) >= 11 is 0. The fourth-order valence-electron chi connectivity index (χ4n) is 2.21. The molecule has 1 rings (SSSR count). The van der Waals surface area contributed by atoms with Gasteiger partial charge in [0, 0.05) is 23.6 Å². The van der Waals surface area contributed by atoms with E-state index in [9.17, 15) is 19.7 Å². The van der Waals surface area contributed by atoms with Crippen LogP contribution in [0.5, 0.6) is 0 Å². The summed E-state index contributed by atoms with van der Waals surface area (Å²) in [5, 5.41) is 16.8. The van der Waals surface area contributed by atoms with Gasteiger partial charge in [0.2, 0.25) is 5.91 Å². The van der Waals surface area contributed by atoms with Crippen LogP contribution in [0.2, 0.25) is 0 Å². The first-order valence-corrected chi connectivity index (χ1v) is 8.75. The zero-order valence-corrected chi connectivity index (χ0v) is 17.0. The topological polar surface area (TPSA) is 111 Å². The van der Waals surface area contributed by atoms with Crippen LogP contribution in [-0.4, -0.2) is 22.5 Å². The predicted molar refractivity (Wildman–Crippen MR) is 102 cm³/mol. The summed E-state index contributed by atoms with van der Waals surface area (Å²) in [6, 6.07) is 4.51. The molecule has 0 spiro atoms. The van der Waals surface area contributed by atoms with Gasteiger partial charge in [-0.15, -0.1) is 0 Å². The lowest BCUT2D eigenvalue weighted by Gasteiger charge is -2.22. The second-order valence-corrected chi connectivity index (χ2v) is 8.51. The number of nitro benzene ring substituents is 1. The summed E-state index contributed by atoms with van der Waals surface area (Å²) in [4.78, 5) is 34.8. The summed E-state index contributed by atoms with van der Waals surface area (Å²) < 4.78 is 5.30. The minimum absolute atomic E-state index is 0.128. The van der Waals surface area contributed by atoms with E-state index in [4.69, 9.17) is 4.74 Å². The number of carbonyl (C=O) groups is 2. The molecule has 1 aromatic rings. The number of amides is 2. The Bertz CT molecular complexity index is 717. The maximum atomic E-state index is 12.0. The Kier molecular flexibility index (Phi) is 6.94. The lowest BCUT2D eigenvalue weighted by molar-refractivity contribution is -0.386. The smallest absolute Gasteiger partial charge is 0.408 e. The quantitative estimate of drug-likeness (QED) is 0.596. The summed E-state index contributed by atoms with van der Waals surface area (Å²) in [5.74, 6) is -0.128. The number of ether oxygens (including phenoxy) is 1. The molecule has 0 heterocycles. The molecular weight excluding hydrogens is 350 g/mol. The van der Waals surface area contributed by atoms with Crippen molar-refractivity contribution >= 4 is 17.7 Å². The Hall–Kier alpha value is -2.64. The van der Waals surface area contributed by atoms with E-state index in [1.165, 1.54) is 6.07 Å². The molecule has 0 bridgehead atoms. The molecule has 1 aromatic carbocycles. The molecule has 27 heavy (non-hydrogen) atoms. The SMILES string of the molecule is CC(OC(=O)NC(C)(C)C)c1cc(CNC(=O)C(C)(C)C)ccc1[N+](=O)[O-]. The van der Waals surface area contributed by atoms with E-state index in [0.29, 0.717) is 5.56 Å². The molecule has 2 N–H and O–H groups in total. The Morgan fingerprint density at radius 1 is 1.19 bits per heavy atom. The van der Waals surface area contributed by atoms with Crippen molar-refractivity contribution in [3.8, 4) is 0 Å². The van der Waals surface area contributed by atoms with Gasteiger partial charge in [0.1, 0.15) is 6.10 Å². The van der Waals surface area contributed by atoms with E-state index in [0.717, 1.165) is 0 Å². The number of nitro groups is 1. The third kappa shape index (κ3) is 7.24. The van der Waals surface area contributed by atoms with E-state index < -0.39 is 28.1 Å². The van der Waals surface area contributed by atoms with Gasteiger partial charge in [0.25, 0.3) is 5.69 Å². The van der Waals surface area contributed by atoms with Crippen LogP contribution in [-0.2, 0) is 16.1 Å². The number of carbonyl (C=O) groups excluding carboxylic acids is 2. The molecule has 2 amide bonds. The zero-order valence-electron chi connectivity index (χ0n) is 17.0. The van der Waals surface area contributed by atoms with Crippen molar-refractivity contribution in [2.45, 2.75) is 66.7 Å². The molecule has 150 valence electrons. The van der Waals surface area contributed by atoms with Crippen molar-refractivity contribution in [1.29, 1.82) is 0 Å². The van der Waals surface area contributed by atoms with Gasteiger partial charge in [-0.25, -0.2) is 4.79 Å². The summed E-state index contributed by atoms with van der Waals surface area (Å²) in [6.45, 7) is 12.6. The number of benzene rings is 1. The molecule has 8 heteroatoms. The first-order chi connectivity index (χ1) is 12.2. The molecule has 0 aliphatic heterocycles. The van der Waals surface area contributed by atoms with Crippen molar-refractivity contribution in [2.24, 2.45) is 5.41 Å². The highest BCUT2D eigenvalue weighted by Crippen LogP contribution is 2.29. The number of hydrogen-bond acceptors (Lipinski definition) is 5. The van der Waals surface area contributed by atoms with Gasteiger partial charge in [-0.05, 0) is 39.3 Å². The first kappa shape index (κ1) is 22.4. The van der Waals surface area contributed by atoms with Crippen LogP contribution >= 0.6 is 0 Å². The molecule has 0 aliphatic carbocycles. The zero-order chi connectivity index (χ0) is 21.0. The molecule has 0 saturated carbocycles. The molecule has 1 atom stereocenters. The number of rotatable bonds is 5. The second-order valence-electron chi connectivity index (χ2n) is 8.51. The standard InChI is InChI=1S/C19H29N3O5/c1-12(27-17(24)21-19(5,6)7)14-10-13(8-9-15(14)22(25)26)11-20-16(23)18(2,3)4/h8-10,12H,11H2,1-7H3,(H,20,23)(H,21,24). The van der Waals surface area contributed by atoms with Gasteiger partial charge in [-0.2, -0.15) is 0 Å². The monoisotopic (exact) mass is 379 g/mol. The number of nitrogens with one attached hydrogen (secondary N) is 2. The predicted octanol–water partition coefficient (Wildman–Crippen LogP) is 3.84. The average molecular weight is 379 g/mol. The van der Waals surface area contributed by atoms with Crippen LogP contribution < -0.4 is 10.6 Å². The van der Waals surface area contributed by atoms with Crippen LogP contribution in [0.1, 0.15) is 65.7 Å².